The molecule has 1 rings (SSSR count). The number of Topliss-reactive ketones (excluding diaryl/α,β-unsaturated/α-hetero) is 1. The molecule has 0 spiro atoms. The number of carboxylic acid groups (broad SMARTS) is 2. The predicted molar refractivity (Wildman–Crippen MR) is 61.7 cm³/mol. The number of aliphatic hydroxyl groups is 2. The largest absolute Gasteiger partial charge is 0.479 e. The first-order valence-corrected chi connectivity index (χ1v) is 5.19. The molecule has 0 saturated carbocycles. The van der Waals surface area contributed by atoms with E-state index in [4.69, 9.17) is 10.2 Å². The van der Waals surface area contributed by atoms with Crippen molar-refractivity contribution < 1.29 is 34.8 Å². The van der Waals surface area contributed by atoms with Crippen molar-refractivity contribution >= 4 is 17.7 Å². The van der Waals surface area contributed by atoms with E-state index < -0.39 is 29.4 Å². The van der Waals surface area contributed by atoms with Gasteiger partial charge in [-0.15, -0.1) is 0 Å². The molecule has 2 atom stereocenters. The average molecular weight is 268 g/mol. The Hall–Kier alpha value is -2.25. The van der Waals surface area contributed by atoms with E-state index in [1.54, 1.807) is 6.92 Å². The number of hydrogen-bond donors (Lipinski definition) is 4. The van der Waals surface area contributed by atoms with E-state index in [1.165, 1.54) is 24.3 Å². The SMILES string of the molecule is Cc1ccc(C(=O)[C@](O)(C(=O)O)[C@@H](O)C(=O)O)cc1. The van der Waals surface area contributed by atoms with Crippen LogP contribution in [-0.2, 0) is 9.59 Å². The van der Waals surface area contributed by atoms with Crippen molar-refractivity contribution in [3.05, 3.63) is 35.4 Å². The lowest BCUT2D eigenvalue weighted by Gasteiger charge is -2.24. The summed E-state index contributed by atoms with van der Waals surface area (Å²) in [4.78, 5) is 33.5. The van der Waals surface area contributed by atoms with Crippen LogP contribution in [0.4, 0.5) is 0 Å². The normalized spacial score (nSPS) is 15.3. The molecule has 0 fully saturated rings. The van der Waals surface area contributed by atoms with Crippen LogP contribution in [0, 0.1) is 6.92 Å². The zero-order valence-electron chi connectivity index (χ0n) is 9.90. The number of aliphatic carboxylic acids is 2. The minimum atomic E-state index is -3.43. The summed E-state index contributed by atoms with van der Waals surface area (Å²) in [7, 11) is 0. The van der Waals surface area contributed by atoms with Gasteiger partial charge in [0.25, 0.3) is 5.60 Å². The fourth-order valence-corrected chi connectivity index (χ4v) is 1.44. The second-order valence-corrected chi connectivity index (χ2v) is 4.01. The second-order valence-electron chi connectivity index (χ2n) is 4.01. The van der Waals surface area contributed by atoms with Crippen LogP contribution in [0.3, 0.4) is 0 Å². The van der Waals surface area contributed by atoms with Gasteiger partial charge in [-0.3, -0.25) is 4.79 Å². The molecular weight excluding hydrogens is 256 g/mol. The van der Waals surface area contributed by atoms with E-state index in [9.17, 15) is 24.6 Å². The number of ketones is 1. The molecule has 0 radical (unpaired) electrons. The van der Waals surface area contributed by atoms with Gasteiger partial charge in [-0.05, 0) is 6.92 Å². The number of rotatable bonds is 5. The minimum Gasteiger partial charge on any atom is -0.479 e. The summed E-state index contributed by atoms with van der Waals surface area (Å²) < 4.78 is 0. The van der Waals surface area contributed by atoms with Gasteiger partial charge >= 0.3 is 11.9 Å². The van der Waals surface area contributed by atoms with Gasteiger partial charge in [0.1, 0.15) is 0 Å². The predicted octanol–water partition coefficient (Wildman–Crippen LogP) is -0.561. The lowest BCUT2D eigenvalue weighted by molar-refractivity contribution is -0.175. The first-order chi connectivity index (χ1) is 8.71. The Morgan fingerprint density at radius 1 is 1.11 bits per heavy atom. The quantitative estimate of drug-likeness (QED) is 0.415. The van der Waals surface area contributed by atoms with Crippen molar-refractivity contribution in [3.63, 3.8) is 0 Å². The lowest BCUT2D eigenvalue weighted by atomic mass is 9.87. The molecular formula is C12H12O7. The Bertz CT molecular complexity index is 519. The number of carboxylic acids is 2. The van der Waals surface area contributed by atoms with Crippen LogP contribution in [0.1, 0.15) is 15.9 Å². The molecule has 1 aromatic carbocycles. The van der Waals surface area contributed by atoms with Crippen LogP contribution in [-0.4, -0.2) is 49.9 Å². The number of aryl methyl sites for hydroxylation is 1. The van der Waals surface area contributed by atoms with Gasteiger partial charge in [0, 0.05) is 5.56 Å². The van der Waals surface area contributed by atoms with E-state index in [2.05, 4.69) is 0 Å². The first-order valence-electron chi connectivity index (χ1n) is 5.19. The van der Waals surface area contributed by atoms with Crippen molar-refractivity contribution in [3.8, 4) is 0 Å². The van der Waals surface area contributed by atoms with Gasteiger partial charge < -0.3 is 20.4 Å². The number of carbonyl (C=O) groups excluding carboxylic acids is 1. The van der Waals surface area contributed by atoms with Crippen molar-refractivity contribution in [2.45, 2.75) is 18.6 Å². The smallest absolute Gasteiger partial charge is 0.347 e. The molecule has 7 heteroatoms. The highest BCUT2D eigenvalue weighted by atomic mass is 16.4. The van der Waals surface area contributed by atoms with Crippen LogP contribution >= 0.6 is 0 Å². The highest BCUT2D eigenvalue weighted by molar-refractivity contribution is 6.17. The molecule has 1 aromatic rings. The van der Waals surface area contributed by atoms with Crippen LogP contribution in [0.2, 0.25) is 0 Å². The molecule has 0 bridgehead atoms. The summed E-state index contributed by atoms with van der Waals surface area (Å²) >= 11 is 0. The molecule has 102 valence electrons. The fourth-order valence-electron chi connectivity index (χ4n) is 1.44. The Morgan fingerprint density at radius 3 is 1.95 bits per heavy atom. The molecule has 0 unspecified atom stereocenters. The van der Waals surface area contributed by atoms with E-state index in [0.717, 1.165) is 5.56 Å². The summed E-state index contributed by atoms with van der Waals surface area (Å²) in [5, 5.41) is 36.4. The molecule has 0 aliphatic rings. The molecule has 4 N–H and O–H groups in total. The maximum atomic E-state index is 11.9. The van der Waals surface area contributed by atoms with Crippen molar-refractivity contribution in [1.82, 2.24) is 0 Å². The molecule has 0 aliphatic heterocycles. The Balaban J connectivity index is 3.27. The third-order valence-corrected chi connectivity index (χ3v) is 2.62. The van der Waals surface area contributed by atoms with Crippen LogP contribution in [0.25, 0.3) is 0 Å². The summed E-state index contributed by atoms with van der Waals surface area (Å²) in [6, 6.07) is 5.45. The van der Waals surface area contributed by atoms with Crippen molar-refractivity contribution in [1.29, 1.82) is 0 Å². The molecule has 0 saturated heterocycles. The summed E-state index contributed by atoms with van der Waals surface area (Å²) in [6.45, 7) is 1.73. The van der Waals surface area contributed by atoms with Crippen LogP contribution in [0.5, 0.6) is 0 Å². The van der Waals surface area contributed by atoms with E-state index in [1.807, 2.05) is 0 Å². The highest BCUT2D eigenvalue weighted by Crippen LogP contribution is 2.19. The van der Waals surface area contributed by atoms with Crippen molar-refractivity contribution in [2.24, 2.45) is 0 Å². The first kappa shape index (κ1) is 14.8. The van der Waals surface area contributed by atoms with Gasteiger partial charge in [0.15, 0.2) is 6.10 Å². The Morgan fingerprint density at radius 2 is 1.58 bits per heavy atom. The second kappa shape index (κ2) is 5.17. The topological polar surface area (TPSA) is 132 Å². The monoisotopic (exact) mass is 268 g/mol. The summed E-state index contributed by atoms with van der Waals surface area (Å²) in [5.41, 5.74) is -2.86. The van der Waals surface area contributed by atoms with Gasteiger partial charge in [-0.1, -0.05) is 29.8 Å². The van der Waals surface area contributed by atoms with E-state index in [-0.39, 0.29) is 5.56 Å². The zero-order chi connectivity index (χ0) is 14.8. The van der Waals surface area contributed by atoms with Gasteiger partial charge in [0.2, 0.25) is 5.78 Å². The maximum Gasteiger partial charge on any atom is 0.347 e. The zero-order valence-corrected chi connectivity index (χ0v) is 9.90. The maximum absolute atomic E-state index is 11.9. The fraction of sp³-hybridized carbons (Fsp3) is 0.250. The van der Waals surface area contributed by atoms with E-state index in [0.29, 0.717) is 0 Å². The minimum absolute atomic E-state index is 0.212. The van der Waals surface area contributed by atoms with Gasteiger partial charge in [-0.25, -0.2) is 9.59 Å². The summed E-state index contributed by atoms with van der Waals surface area (Å²) in [5.74, 6) is -5.53. The third-order valence-electron chi connectivity index (χ3n) is 2.62. The van der Waals surface area contributed by atoms with E-state index >= 15 is 0 Å². The molecule has 19 heavy (non-hydrogen) atoms. The number of benzene rings is 1. The summed E-state index contributed by atoms with van der Waals surface area (Å²) in [6.07, 6.45) is -2.76. The standard InChI is InChI=1S/C12H12O7/c1-6-2-4-7(5-3-6)8(13)12(19,11(17)18)9(14)10(15)16/h2-5,9,14,19H,1H3,(H,15,16)(H,17,18)/t9-,12+/m0/s1. The van der Waals surface area contributed by atoms with Crippen LogP contribution < -0.4 is 0 Å². The van der Waals surface area contributed by atoms with Gasteiger partial charge in [0.05, 0.1) is 0 Å². The molecule has 0 aromatic heterocycles. The molecule has 0 heterocycles. The molecule has 0 amide bonds. The average Bonchev–Trinajstić information content (AvgIpc) is 2.36. The Kier molecular flexibility index (Phi) is 4.03. The number of aliphatic hydroxyl groups excluding tert-OH is 1. The van der Waals surface area contributed by atoms with Crippen LogP contribution in [0.15, 0.2) is 24.3 Å². The van der Waals surface area contributed by atoms with Gasteiger partial charge in [-0.2, -0.15) is 0 Å². The Labute approximate surface area is 107 Å². The lowest BCUT2D eigenvalue weighted by Crippen LogP contribution is -2.58. The number of hydrogen-bond acceptors (Lipinski definition) is 5. The number of carbonyl (C=O) groups is 3. The molecule has 7 nitrogen and oxygen atoms in total. The highest BCUT2D eigenvalue weighted by Gasteiger charge is 2.54. The molecule has 0 aliphatic carbocycles. The van der Waals surface area contributed by atoms with Crippen molar-refractivity contribution in [2.75, 3.05) is 0 Å². The third kappa shape index (κ3) is 2.61.